The number of anilines is 1. The normalized spacial score (nSPS) is 9.89. The average Bonchev–Trinajstić information content (AvgIpc) is 2.86. The number of nitrogens with one attached hydrogen (secondary N) is 1. The number of aromatic nitrogens is 2. The Hall–Kier alpha value is -2.30. The van der Waals surface area contributed by atoms with Crippen LogP contribution in [-0.4, -0.2) is 22.4 Å². The van der Waals surface area contributed by atoms with Gasteiger partial charge in [0.25, 0.3) is 5.91 Å². The van der Waals surface area contributed by atoms with Gasteiger partial charge in [0.05, 0.1) is 11.6 Å². The van der Waals surface area contributed by atoms with Crippen molar-refractivity contribution in [2.45, 2.75) is 6.61 Å². The largest absolute Gasteiger partial charge is 0.377 e. The summed E-state index contributed by atoms with van der Waals surface area (Å²) >= 11 is 1.08. The summed E-state index contributed by atoms with van der Waals surface area (Å²) in [7, 11) is 1.55. The van der Waals surface area contributed by atoms with Crippen LogP contribution in [0.15, 0.2) is 24.3 Å². The summed E-state index contributed by atoms with van der Waals surface area (Å²) in [5.74, 6) is 0.200. The minimum absolute atomic E-state index is 0.302. The summed E-state index contributed by atoms with van der Waals surface area (Å²) in [6.45, 7) is 0.302. The molecule has 2 rings (SSSR count). The van der Waals surface area contributed by atoms with Gasteiger partial charge in [0.2, 0.25) is 5.13 Å². The molecule has 96 valence electrons. The SMILES string of the molecule is COCc1nsc(NC(=O)c2cccc(C#N)c2)n1. The van der Waals surface area contributed by atoms with Gasteiger partial charge in [-0.1, -0.05) is 6.07 Å². The maximum atomic E-state index is 11.9. The van der Waals surface area contributed by atoms with Crippen molar-refractivity contribution in [3.63, 3.8) is 0 Å². The Kier molecular flexibility index (Phi) is 4.18. The number of hydrogen-bond acceptors (Lipinski definition) is 6. The molecule has 0 aliphatic carbocycles. The lowest BCUT2D eigenvalue weighted by molar-refractivity contribution is 0.102. The first kappa shape index (κ1) is 13.1. The number of carbonyl (C=O) groups is 1. The number of benzene rings is 1. The summed E-state index contributed by atoms with van der Waals surface area (Å²) in [6, 6.07) is 8.43. The Morgan fingerprint density at radius 1 is 1.58 bits per heavy atom. The zero-order chi connectivity index (χ0) is 13.7. The van der Waals surface area contributed by atoms with Gasteiger partial charge in [-0.15, -0.1) is 0 Å². The van der Waals surface area contributed by atoms with Crippen molar-refractivity contribution < 1.29 is 9.53 Å². The fraction of sp³-hybridized carbons (Fsp3) is 0.167. The molecule has 1 N–H and O–H groups in total. The number of hydrogen-bond donors (Lipinski definition) is 1. The number of carbonyl (C=O) groups excluding carboxylic acids is 1. The van der Waals surface area contributed by atoms with E-state index in [0.717, 1.165) is 11.5 Å². The molecule has 0 spiro atoms. The maximum Gasteiger partial charge on any atom is 0.257 e. The molecular formula is C12H10N4O2S. The molecule has 0 unspecified atom stereocenters. The fourth-order valence-corrected chi connectivity index (χ4v) is 1.96. The Morgan fingerprint density at radius 3 is 3.16 bits per heavy atom. The molecule has 0 bridgehead atoms. The highest BCUT2D eigenvalue weighted by Crippen LogP contribution is 2.13. The molecule has 0 atom stereocenters. The van der Waals surface area contributed by atoms with Gasteiger partial charge in [0.1, 0.15) is 6.61 Å². The third-order valence-electron chi connectivity index (χ3n) is 2.22. The zero-order valence-electron chi connectivity index (χ0n) is 10.1. The van der Waals surface area contributed by atoms with Gasteiger partial charge in [0.15, 0.2) is 5.82 Å². The highest BCUT2D eigenvalue weighted by molar-refractivity contribution is 7.09. The molecule has 19 heavy (non-hydrogen) atoms. The number of nitriles is 1. The van der Waals surface area contributed by atoms with Gasteiger partial charge in [-0.3, -0.25) is 10.1 Å². The lowest BCUT2D eigenvalue weighted by Crippen LogP contribution is -2.11. The van der Waals surface area contributed by atoms with E-state index in [9.17, 15) is 4.79 Å². The van der Waals surface area contributed by atoms with Crippen molar-refractivity contribution in [2.24, 2.45) is 0 Å². The summed E-state index contributed by atoms with van der Waals surface area (Å²) in [5.41, 5.74) is 0.840. The summed E-state index contributed by atoms with van der Waals surface area (Å²) in [5, 5.41) is 11.8. The molecule has 1 heterocycles. The van der Waals surface area contributed by atoms with E-state index in [0.29, 0.717) is 28.7 Å². The molecule has 6 nitrogen and oxygen atoms in total. The highest BCUT2D eigenvalue weighted by Gasteiger charge is 2.10. The summed E-state index contributed by atoms with van der Waals surface area (Å²) in [6.07, 6.45) is 0. The molecule has 0 aliphatic heterocycles. The van der Waals surface area contributed by atoms with Crippen LogP contribution >= 0.6 is 11.5 Å². The van der Waals surface area contributed by atoms with Crippen LogP contribution in [0.1, 0.15) is 21.7 Å². The van der Waals surface area contributed by atoms with Crippen LogP contribution in [0.3, 0.4) is 0 Å². The molecule has 7 heteroatoms. The lowest BCUT2D eigenvalue weighted by atomic mass is 10.1. The molecule has 1 aromatic carbocycles. The average molecular weight is 274 g/mol. The van der Waals surface area contributed by atoms with E-state index in [1.54, 1.807) is 25.3 Å². The maximum absolute atomic E-state index is 11.9. The minimum atomic E-state index is -0.322. The number of rotatable bonds is 4. The molecule has 0 fully saturated rings. The van der Waals surface area contributed by atoms with Crippen LogP contribution in [0.5, 0.6) is 0 Å². The molecule has 0 saturated carbocycles. The third kappa shape index (κ3) is 3.34. The van der Waals surface area contributed by atoms with Crippen LogP contribution in [0.25, 0.3) is 0 Å². The number of nitrogens with zero attached hydrogens (tertiary/aromatic N) is 3. The quantitative estimate of drug-likeness (QED) is 0.918. The number of ether oxygens (including phenoxy) is 1. The molecule has 2 aromatic rings. The molecular weight excluding hydrogens is 264 g/mol. The van der Waals surface area contributed by atoms with Gasteiger partial charge in [-0.25, -0.2) is 4.98 Å². The molecule has 0 radical (unpaired) electrons. The Bertz CT molecular complexity index is 633. The first-order valence-electron chi connectivity index (χ1n) is 5.36. The highest BCUT2D eigenvalue weighted by atomic mass is 32.1. The lowest BCUT2D eigenvalue weighted by Gasteiger charge is -2.01. The second kappa shape index (κ2) is 6.04. The Morgan fingerprint density at radius 2 is 2.42 bits per heavy atom. The predicted molar refractivity (Wildman–Crippen MR) is 69.7 cm³/mol. The van der Waals surface area contributed by atoms with E-state index >= 15 is 0 Å². The van der Waals surface area contributed by atoms with Crippen molar-refractivity contribution in [3.05, 3.63) is 41.2 Å². The molecule has 1 aromatic heterocycles. The Balaban J connectivity index is 2.09. The van der Waals surface area contributed by atoms with E-state index in [1.165, 1.54) is 6.07 Å². The zero-order valence-corrected chi connectivity index (χ0v) is 10.9. The topological polar surface area (TPSA) is 87.9 Å². The second-order valence-corrected chi connectivity index (χ2v) is 4.35. The van der Waals surface area contributed by atoms with E-state index in [2.05, 4.69) is 14.7 Å². The summed E-state index contributed by atoms with van der Waals surface area (Å²) < 4.78 is 8.92. The minimum Gasteiger partial charge on any atom is -0.377 e. The van der Waals surface area contributed by atoms with Crippen molar-refractivity contribution in [2.75, 3.05) is 12.4 Å². The first-order valence-corrected chi connectivity index (χ1v) is 6.13. The second-order valence-electron chi connectivity index (χ2n) is 3.60. The van der Waals surface area contributed by atoms with Crippen LogP contribution in [0.4, 0.5) is 5.13 Å². The number of amides is 1. The third-order valence-corrected chi connectivity index (χ3v) is 2.88. The van der Waals surface area contributed by atoms with Crippen LogP contribution in [0.2, 0.25) is 0 Å². The smallest absolute Gasteiger partial charge is 0.257 e. The van der Waals surface area contributed by atoms with Crippen molar-refractivity contribution in [1.82, 2.24) is 9.36 Å². The van der Waals surface area contributed by atoms with E-state index in [-0.39, 0.29) is 5.91 Å². The van der Waals surface area contributed by atoms with Gasteiger partial charge in [0, 0.05) is 24.2 Å². The van der Waals surface area contributed by atoms with Crippen molar-refractivity contribution in [1.29, 1.82) is 5.26 Å². The fourth-order valence-electron chi connectivity index (χ4n) is 1.39. The van der Waals surface area contributed by atoms with Crippen molar-refractivity contribution in [3.8, 4) is 6.07 Å². The predicted octanol–water partition coefficient (Wildman–Crippen LogP) is 1.81. The van der Waals surface area contributed by atoms with Crippen molar-refractivity contribution >= 4 is 22.6 Å². The van der Waals surface area contributed by atoms with Gasteiger partial charge < -0.3 is 4.74 Å². The molecule has 0 aliphatic rings. The summed E-state index contributed by atoms with van der Waals surface area (Å²) in [4.78, 5) is 16.0. The van der Waals surface area contributed by atoms with E-state index in [4.69, 9.17) is 10.00 Å². The molecule has 1 amide bonds. The standard InChI is InChI=1S/C12H10N4O2S/c1-18-7-10-14-12(19-16-10)15-11(17)9-4-2-3-8(5-9)6-13/h2-5H,7H2,1H3,(H,14,15,16,17). The van der Waals surface area contributed by atoms with Crippen LogP contribution in [0, 0.1) is 11.3 Å². The monoisotopic (exact) mass is 274 g/mol. The van der Waals surface area contributed by atoms with Crippen LogP contribution in [-0.2, 0) is 11.3 Å². The van der Waals surface area contributed by atoms with E-state index < -0.39 is 0 Å². The van der Waals surface area contributed by atoms with Gasteiger partial charge in [-0.2, -0.15) is 9.64 Å². The van der Waals surface area contributed by atoms with Gasteiger partial charge >= 0.3 is 0 Å². The van der Waals surface area contributed by atoms with Crippen LogP contribution < -0.4 is 5.32 Å². The van der Waals surface area contributed by atoms with E-state index in [1.807, 2.05) is 6.07 Å². The first-order chi connectivity index (χ1) is 9.22. The van der Waals surface area contributed by atoms with Gasteiger partial charge in [-0.05, 0) is 18.2 Å². The number of methoxy groups -OCH3 is 1. The molecule has 0 saturated heterocycles. The Labute approximate surface area is 113 Å².